The summed E-state index contributed by atoms with van der Waals surface area (Å²) in [5, 5.41) is 0. The molecule has 2 aromatic rings. The maximum atomic E-state index is 12.5. The average molecular weight is 514 g/mol. The quantitative estimate of drug-likeness (QED) is 0.447. The standard InChI is InChI=1S/C20H24N2O4Se2/c1-19(2,3)25-17(23)13-9-7-11-21-15(13)27-28-16-14(10-8-12-22-16)18(24)26-20(4,5)6/h7-12H,1-6H3. The van der Waals surface area contributed by atoms with Gasteiger partial charge in [0.25, 0.3) is 0 Å². The number of hydrogen-bond donors (Lipinski definition) is 0. The number of esters is 2. The molecule has 0 atom stereocenters. The zero-order valence-electron chi connectivity index (χ0n) is 16.8. The molecule has 8 heteroatoms. The van der Waals surface area contributed by atoms with Gasteiger partial charge < -0.3 is 0 Å². The summed E-state index contributed by atoms with van der Waals surface area (Å²) in [4.78, 5) is 33.7. The van der Waals surface area contributed by atoms with Gasteiger partial charge in [-0.05, 0) is 0 Å². The molecule has 6 nitrogen and oxygen atoms in total. The van der Waals surface area contributed by atoms with Gasteiger partial charge in [-0.25, -0.2) is 0 Å². The van der Waals surface area contributed by atoms with Crippen LogP contribution in [0.15, 0.2) is 36.7 Å². The van der Waals surface area contributed by atoms with Crippen molar-refractivity contribution in [1.29, 1.82) is 0 Å². The van der Waals surface area contributed by atoms with Gasteiger partial charge in [0.15, 0.2) is 0 Å². The van der Waals surface area contributed by atoms with Gasteiger partial charge in [0, 0.05) is 0 Å². The van der Waals surface area contributed by atoms with Crippen LogP contribution in [0.25, 0.3) is 0 Å². The minimum absolute atomic E-state index is 0.147. The number of carbonyl (C=O) groups excluding carboxylic acids is 2. The molecule has 150 valence electrons. The molecule has 0 aliphatic carbocycles. The predicted octanol–water partition coefficient (Wildman–Crippen LogP) is 1.66. The van der Waals surface area contributed by atoms with Crippen molar-refractivity contribution in [2.24, 2.45) is 0 Å². The first-order chi connectivity index (χ1) is 13.0. The summed E-state index contributed by atoms with van der Waals surface area (Å²) in [5.41, 5.74) is -0.219. The molecule has 0 aliphatic heterocycles. The molecule has 0 saturated carbocycles. The third-order valence-corrected chi connectivity index (χ3v) is 9.53. The third-order valence-electron chi connectivity index (χ3n) is 2.98. The Morgan fingerprint density at radius 2 is 1.11 bits per heavy atom. The van der Waals surface area contributed by atoms with Gasteiger partial charge in [-0.3, -0.25) is 0 Å². The van der Waals surface area contributed by atoms with Gasteiger partial charge in [0.1, 0.15) is 0 Å². The Morgan fingerprint density at radius 1 is 0.750 bits per heavy atom. The topological polar surface area (TPSA) is 78.4 Å². The zero-order chi connectivity index (χ0) is 20.9. The van der Waals surface area contributed by atoms with Crippen LogP contribution in [0.5, 0.6) is 0 Å². The molecule has 2 heterocycles. The van der Waals surface area contributed by atoms with Crippen molar-refractivity contribution in [2.45, 2.75) is 52.7 Å². The monoisotopic (exact) mass is 516 g/mol. The van der Waals surface area contributed by atoms with Crippen molar-refractivity contribution in [3.8, 4) is 0 Å². The van der Waals surface area contributed by atoms with E-state index in [9.17, 15) is 9.59 Å². The van der Waals surface area contributed by atoms with Crippen LogP contribution in [0.1, 0.15) is 62.3 Å². The average Bonchev–Trinajstić information content (AvgIpc) is 2.57. The molecule has 0 radical (unpaired) electrons. The van der Waals surface area contributed by atoms with E-state index in [1.165, 1.54) is 0 Å². The molecule has 0 unspecified atom stereocenters. The fraction of sp³-hybridized carbons (Fsp3) is 0.400. The summed E-state index contributed by atoms with van der Waals surface area (Å²) >= 11 is -0.294. The summed E-state index contributed by atoms with van der Waals surface area (Å²) in [7, 11) is 0. The molecule has 0 saturated heterocycles. The summed E-state index contributed by atoms with van der Waals surface area (Å²) < 4.78 is 12.4. The van der Waals surface area contributed by atoms with Crippen LogP contribution in [-0.2, 0) is 9.47 Å². The molecule has 0 fully saturated rings. The number of rotatable bonds is 5. The fourth-order valence-electron chi connectivity index (χ4n) is 1.97. The van der Waals surface area contributed by atoms with E-state index < -0.39 is 11.2 Å². The molecule has 0 bridgehead atoms. The van der Waals surface area contributed by atoms with Gasteiger partial charge in [-0.2, -0.15) is 0 Å². The number of pyridine rings is 2. The van der Waals surface area contributed by atoms with E-state index >= 15 is 0 Å². The Bertz CT molecular complexity index is 786. The van der Waals surface area contributed by atoms with Crippen LogP contribution in [0.3, 0.4) is 0 Å². The van der Waals surface area contributed by atoms with Gasteiger partial charge in [-0.15, -0.1) is 0 Å². The second-order valence-electron chi connectivity index (χ2n) is 7.88. The van der Waals surface area contributed by atoms with Gasteiger partial charge >= 0.3 is 177 Å². The molecule has 2 aromatic heterocycles. The predicted molar refractivity (Wildman–Crippen MR) is 110 cm³/mol. The summed E-state index contributed by atoms with van der Waals surface area (Å²) in [6.07, 6.45) is 3.32. The van der Waals surface area contributed by atoms with Crippen molar-refractivity contribution < 1.29 is 19.1 Å². The van der Waals surface area contributed by atoms with Crippen LogP contribution < -0.4 is 9.18 Å². The Morgan fingerprint density at radius 3 is 1.43 bits per heavy atom. The Kier molecular flexibility index (Phi) is 7.40. The number of nitrogens with zero attached hydrogens (tertiary/aromatic N) is 2. The van der Waals surface area contributed by atoms with E-state index in [-0.39, 0.29) is 38.2 Å². The van der Waals surface area contributed by atoms with Gasteiger partial charge in [0.05, 0.1) is 0 Å². The van der Waals surface area contributed by atoms with Crippen LogP contribution >= 0.6 is 0 Å². The van der Waals surface area contributed by atoms with Crippen molar-refractivity contribution in [1.82, 2.24) is 9.97 Å². The molecule has 0 N–H and O–H groups in total. The van der Waals surface area contributed by atoms with Crippen molar-refractivity contribution >= 4 is 47.4 Å². The van der Waals surface area contributed by atoms with Crippen LogP contribution in [0.4, 0.5) is 0 Å². The number of carbonyl (C=O) groups is 2. The fourth-order valence-corrected chi connectivity index (χ4v) is 8.37. The van der Waals surface area contributed by atoms with E-state index in [2.05, 4.69) is 9.97 Å². The van der Waals surface area contributed by atoms with E-state index in [4.69, 9.17) is 9.47 Å². The van der Waals surface area contributed by atoms with Crippen molar-refractivity contribution in [3.63, 3.8) is 0 Å². The van der Waals surface area contributed by atoms with Gasteiger partial charge in [-0.1, -0.05) is 0 Å². The van der Waals surface area contributed by atoms with E-state index in [0.29, 0.717) is 20.3 Å². The Labute approximate surface area is 176 Å². The van der Waals surface area contributed by atoms with Crippen molar-refractivity contribution in [2.75, 3.05) is 0 Å². The molecular formula is C20H24N2O4Se2. The Hall–Kier alpha value is -1.72. The summed E-state index contributed by atoms with van der Waals surface area (Å²) in [6, 6.07) is 6.89. The first kappa shape index (κ1) is 22.6. The molecule has 0 amide bonds. The minimum atomic E-state index is -0.576. The molecule has 2 rings (SSSR count). The molecule has 0 spiro atoms. The van der Waals surface area contributed by atoms with Crippen molar-refractivity contribution in [3.05, 3.63) is 47.8 Å². The number of ether oxygens (including phenoxy) is 2. The first-order valence-electron chi connectivity index (χ1n) is 8.67. The molecule has 0 aliphatic rings. The summed E-state index contributed by atoms with van der Waals surface area (Å²) in [5.74, 6) is -0.775. The summed E-state index contributed by atoms with van der Waals surface area (Å²) in [6.45, 7) is 11.0. The van der Waals surface area contributed by atoms with E-state index in [0.717, 1.165) is 0 Å². The number of hydrogen-bond acceptors (Lipinski definition) is 6. The zero-order valence-corrected chi connectivity index (χ0v) is 20.2. The molecule has 28 heavy (non-hydrogen) atoms. The van der Waals surface area contributed by atoms with Crippen LogP contribution in [0.2, 0.25) is 0 Å². The van der Waals surface area contributed by atoms with E-state index in [1.54, 1.807) is 36.7 Å². The molecule has 0 aromatic carbocycles. The first-order valence-corrected chi connectivity index (χ1v) is 14.7. The van der Waals surface area contributed by atoms with Gasteiger partial charge in [0.2, 0.25) is 0 Å². The second-order valence-corrected chi connectivity index (χ2v) is 13.8. The second kappa shape index (κ2) is 9.18. The van der Waals surface area contributed by atoms with Crippen LogP contribution in [-0.4, -0.2) is 59.4 Å². The van der Waals surface area contributed by atoms with Crippen LogP contribution in [0, 0.1) is 0 Å². The number of aromatic nitrogens is 2. The third kappa shape index (κ3) is 7.02. The van der Waals surface area contributed by atoms with E-state index in [1.807, 2.05) is 41.5 Å². The maximum absolute atomic E-state index is 12.5. The Balaban J connectivity index is 2.20. The molecular weight excluding hydrogens is 490 g/mol. The SMILES string of the molecule is CC(C)(C)OC(=O)c1cccnc1[Se][Se]c1ncccc1C(=O)OC(C)(C)C. The normalized spacial score (nSPS) is 11.8.